The van der Waals surface area contributed by atoms with Crippen LogP contribution < -0.4 is 11.1 Å². The van der Waals surface area contributed by atoms with E-state index in [-0.39, 0.29) is 17.9 Å². The Bertz CT molecular complexity index is 669. The number of guanidine groups is 1. The van der Waals surface area contributed by atoms with Gasteiger partial charge in [-0.2, -0.15) is 0 Å². The number of halogens is 2. The molecule has 0 fully saturated rings. The highest BCUT2D eigenvalue weighted by Crippen LogP contribution is 2.32. The van der Waals surface area contributed by atoms with Crippen molar-refractivity contribution < 1.29 is 4.39 Å². The lowest BCUT2D eigenvalue weighted by Gasteiger charge is -2.28. The van der Waals surface area contributed by atoms with E-state index in [2.05, 4.69) is 10.3 Å². The first-order valence-electron chi connectivity index (χ1n) is 6.72. The van der Waals surface area contributed by atoms with E-state index in [1.165, 1.54) is 12.1 Å². The van der Waals surface area contributed by atoms with Crippen LogP contribution in [0, 0.1) is 5.82 Å². The van der Waals surface area contributed by atoms with Gasteiger partial charge in [0.05, 0.1) is 12.1 Å². The molecule has 108 valence electrons. The van der Waals surface area contributed by atoms with Crippen molar-refractivity contribution in [1.82, 2.24) is 5.32 Å². The average Bonchev–Trinajstić information content (AvgIpc) is 2.47. The first-order valence-corrected chi connectivity index (χ1v) is 7.10. The van der Waals surface area contributed by atoms with Crippen molar-refractivity contribution in [2.45, 2.75) is 18.5 Å². The molecule has 21 heavy (non-hydrogen) atoms. The van der Waals surface area contributed by atoms with Gasteiger partial charge < -0.3 is 11.1 Å². The molecule has 2 unspecified atom stereocenters. The molecule has 2 aromatic carbocycles. The highest BCUT2D eigenvalue weighted by atomic mass is 35.5. The van der Waals surface area contributed by atoms with Gasteiger partial charge in [-0.3, -0.25) is 0 Å². The zero-order valence-corrected chi connectivity index (χ0v) is 12.0. The fraction of sp³-hybridized carbons (Fsp3) is 0.188. The van der Waals surface area contributed by atoms with Crippen LogP contribution in [-0.4, -0.2) is 5.96 Å². The SMILES string of the molecule is NC1=NC(c2cccc(F)c2)CC(c2ccc(Cl)cc2)N1. The molecule has 5 heteroatoms. The Morgan fingerprint density at radius 1 is 1.14 bits per heavy atom. The molecule has 0 saturated heterocycles. The van der Waals surface area contributed by atoms with E-state index in [9.17, 15) is 4.39 Å². The van der Waals surface area contributed by atoms with Crippen LogP contribution in [0.1, 0.15) is 29.6 Å². The van der Waals surface area contributed by atoms with Gasteiger partial charge in [0.15, 0.2) is 5.96 Å². The van der Waals surface area contributed by atoms with E-state index < -0.39 is 0 Å². The fourth-order valence-electron chi connectivity index (χ4n) is 2.56. The Morgan fingerprint density at radius 3 is 2.62 bits per heavy atom. The smallest absolute Gasteiger partial charge is 0.189 e. The molecule has 1 heterocycles. The summed E-state index contributed by atoms with van der Waals surface area (Å²) in [6.07, 6.45) is 0.714. The molecule has 0 aliphatic carbocycles. The van der Waals surface area contributed by atoms with Crippen LogP contribution in [0.4, 0.5) is 4.39 Å². The van der Waals surface area contributed by atoms with Gasteiger partial charge in [-0.15, -0.1) is 0 Å². The molecule has 1 aliphatic heterocycles. The largest absolute Gasteiger partial charge is 0.370 e. The number of hydrogen-bond donors (Lipinski definition) is 2. The summed E-state index contributed by atoms with van der Waals surface area (Å²) >= 11 is 5.91. The van der Waals surface area contributed by atoms with Crippen LogP contribution in [-0.2, 0) is 0 Å². The van der Waals surface area contributed by atoms with Crippen LogP contribution in [0.5, 0.6) is 0 Å². The van der Waals surface area contributed by atoms with Crippen molar-refractivity contribution in [3.05, 3.63) is 70.5 Å². The number of aliphatic imine (C=N–C) groups is 1. The zero-order chi connectivity index (χ0) is 14.8. The molecule has 2 aromatic rings. The van der Waals surface area contributed by atoms with Crippen LogP contribution in [0.2, 0.25) is 5.02 Å². The van der Waals surface area contributed by atoms with E-state index >= 15 is 0 Å². The summed E-state index contributed by atoms with van der Waals surface area (Å²) in [6.45, 7) is 0. The summed E-state index contributed by atoms with van der Waals surface area (Å²) in [5, 5.41) is 3.85. The highest BCUT2D eigenvalue weighted by Gasteiger charge is 2.24. The maximum Gasteiger partial charge on any atom is 0.189 e. The van der Waals surface area contributed by atoms with E-state index in [1.54, 1.807) is 6.07 Å². The van der Waals surface area contributed by atoms with Crippen molar-refractivity contribution in [2.75, 3.05) is 0 Å². The minimum absolute atomic E-state index is 0.0352. The first kappa shape index (κ1) is 13.9. The minimum Gasteiger partial charge on any atom is -0.370 e. The van der Waals surface area contributed by atoms with Gasteiger partial charge >= 0.3 is 0 Å². The number of benzene rings is 2. The van der Waals surface area contributed by atoms with Crippen LogP contribution in [0.3, 0.4) is 0 Å². The second-order valence-electron chi connectivity index (χ2n) is 5.07. The average molecular weight is 304 g/mol. The molecule has 2 atom stereocenters. The van der Waals surface area contributed by atoms with Gasteiger partial charge in [-0.25, -0.2) is 9.38 Å². The Balaban J connectivity index is 1.87. The van der Waals surface area contributed by atoms with Gasteiger partial charge in [0.25, 0.3) is 0 Å². The standard InChI is InChI=1S/C16H15ClFN3/c17-12-6-4-10(5-7-12)14-9-15(21-16(19)20-14)11-2-1-3-13(18)8-11/h1-8,14-15H,9H2,(H3,19,20,21). The molecule has 0 aromatic heterocycles. The van der Waals surface area contributed by atoms with Gasteiger partial charge in [0.1, 0.15) is 5.82 Å². The van der Waals surface area contributed by atoms with Crippen LogP contribution >= 0.6 is 11.6 Å². The molecule has 0 amide bonds. The summed E-state index contributed by atoms with van der Waals surface area (Å²) in [4.78, 5) is 4.38. The maximum absolute atomic E-state index is 13.4. The summed E-state index contributed by atoms with van der Waals surface area (Å²) in [6, 6.07) is 14.0. The maximum atomic E-state index is 13.4. The third-order valence-electron chi connectivity index (χ3n) is 3.58. The van der Waals surface area contributed by atoms with Crippen molar-refractivity contribution >= 4 is 17.6 Å². The Labute approximate surface area is 127 Å². The first-order chi connectivity index (χ1) is 10.1. The number of hydrogen-bond acceptors (Lipinski definition) is 3. The molecule has 0 spiro atoms. The van der Waals surface area contributed by atoms with Crippen LogP contribution in [0.15, 0.2) is 53.5 Å². The van der Waals surface area contributed by atoms with Crippen LogP contribution in [0.25, 0.3) is 0 Å². The molecular weight excluding hydrogens is 289 g/mol. The lowest BCUT2D eigenvalue weighted by Crippen LogP contribution is -2.39. The van der Waals surface area contributed by atoms with Gasteiger partial charge in [0.2, 0.25) is 0 Å². The Hall–Kier alpha value is -2.07. The summed E-state index contributed by atoms with van der Waals surface area (Å²) in [7, 11) is 0. The molecule has 0 bridgehead atoms. The molecular formula is C16H15ClFN3. The van der Waals surface area contributed by atoms with Crippen molar-refractivity contribution in [1.29, 1.82) is 0 Å². The lowest BCUT2D eigenvalue weighted by molar-refractivity contribution is 0.485. The predicted molar refractivity (Wildman–Crippen MR) is 82.7 cm³/mol. The second kappa shape index (κ2) is 5.74. The van der Waals surface area contributed by atoms with E-state index in [0.717, 1.165) is 11.1 Å². The molecule has 3 N–H and O–H groups in total. The quantitative estimate of drug-likeness (QED) is 0.891. The summed E-state index contributed by atoms with van der Waals surface area (Å²) < 4.78 is 13.4. The number of nitrogens with zero attached hydrogens (tertiary/aromatic N) is 1. The van der Waals surface area contributed by atoms with Gasteiger partial charge in [-0.1, -0.05) is 35.9 Å². The monoisotopic (exact) mass is 303 g/mol. The molecule has 3 rings (SSSR count). The predicted octanol–water partition coefficient (Wildman–Crippen LogP) is 3.57. The zero-order valence-electron chi connectivity index (χ0n) is 11.3. The number of nitrogens with one attached hydrogen (secondary N) is 1. The van der Waals surface area contributed by atoms with E-state index in [0.29, 0.717) is 17.4 Å². The van der Waals surface area contributed by atoms with Crippen molar-refractivity contribution in [2.24, 2.45) is 10.7 Å². The summed E-state index contributed by atoms with van der Waals surface area (Å²) in [5.41, 5.74) is 7.79. The Kier molecular flexibility index (Phi) is 3.80. The minimum atomic E-state index is -0.261. The Morgan fingerprint density at radius 2 is 1.90 bits per heavy atom. The molecule has 1 aliphatic rings. The number of rotatable bonds is 2. The highest BCUT2D eigenvalue weighted by molar-refractivity contribution is 6.30. The second-order valence-corrected chi connectivity index (χ2v) is 5.51. The topological polar surface area (TPSA) is 50.4 Å². The molecule has 0 saturated carbocycles. The van der Waals surface area contributed by atoms with E-state index in [1.807, 2.05) is 30.3 Å². The van der Waals surface area contributed by atoms with E-state index in [4.69, 9.17) is 17.3 Å². The van der Waals surface area contributed by atoms with Gasteiger partial charge in [0, 0.05) is 5.02 Å². The van der Waals surface area contributed by atoms with Crippen molar-refractivity contribution in [3.8, 4) is 0 Å². The van der Waals surface area contributed by atoms with Gasteiger partial charge in [-0.05, 0) is 41.8 Å². The molecule has 3 nitrogen and oxygen atoms in total. The lowest BCUT2D eigenvalue weighted by atomic mass is 9.94. The normalized spacial score (nSPS) is 21.5. The number of nitrogens with two attached hydrogens (primary N) is 1. The third kappa shape index (κ3) is 3.16. The third-order valence-corrected chi connectivity index (χ3v) is 3.83. The molecule has 0 radical (unpaired) electrons. The van der Waals surface area contributed by atoms with Crippen molar-refractivity contribution in [3.63, 3.8) is 0 Å². The summed E-state index contributed by atoms with van der Waals surface area (Å²) in [5.74, 6) is 0.110. The fourth-order valence-corrected chi connectivity index (χ4v) is 2.68.